The fourth-order valence-electron chi connectivity index (χ4n) is 3.12. The van der Waals surface area contributed by atoms with Crippen molar-refractivity contribution in [2.75, 3.05) is 0 Å². The molecule has 138 valence electrons. The Morgan fingerprint density at radius 3 is 2.75 bits per heavy atom. The zero-order valence-corrected chi connectivity index (χ0v) is 15.8. The summed E-state index contributed by atoms with van der Waals surface area (Å²) in [7, 11) is 0. The van der Waals surface area contributed by atoms with Crippen LogP contribution in [0.4, 0.5) is 0 Å². The first-order valence-corrected chi connectivity index (χ1v) is 8.82. The molecule has 6 nitrogen and oxygen atoms in total. The molecular weight excluding hydrogens is 352 g/mol. The van der Waals surface area contributed by atoms with Gasteiger partial charge in [-0.05, 0) is 56.2 Å². The van der Waals surface area contributed by atoms with Gasteiger partial charge >= 0.3 is 0 Å². The van der Waals surface area contributed by atoms with Crippen molar-refractivity contribution in [3.63, 3.8) is 0 Å². The topological polar surface area (TPSA) is 84.8 Å². The zero-order chi connectivity index (χ0) is 19.7. The maximum Gasteiger partial charge on any atom is 0.230 e. The largest absolute Gasteiger partial charge is 0.464 e. The van der Waals surface area contributed by atoms with Crippen molar-refractivity contribution >= 4 is 11.0 Å². The summed E-state index contributed by atoms with van der Waals surface area (Å²) in [6, 6.07) is 11.7. The average molecular weight is 370 g/mol. The van der Waals surface area contributed by atoms with Crippen molar-refractivity contribution < 1.29 is 9.15 Å². The number of benzene rings is 1. The van der Waals surface area contributed by atoms with Crippen LogP contribution in [-0.4, -0.2) is 15.0 Å². The highest BCUT2D eigenvalue weighted by molar-refractivity contribution is 5.82. The number of pyridine rings is 1. The predicted molar refractivity (Wildman–Crippen MR) is 105 cm³/mol. The van der Waals surface area contributed by atoms with Crippen LogP contribution < -0.4 is 4.74 Å². The molecule has 0 N–H and O–H groups in total. The van der Waals surface area contributed by atoms with Gasteiger partial charge in [-0.3, -0.25) is 0 Å². The van der Waals surface area contributed by atoms with Crippen LogP contribution in [0.25, 0.3) is 22.1 Å². The van der Waals surface area contributed by atoms with Crippen molar-refractivity contribution in [1.29, 1.82) is 5.26 Å². The molecule has 3 aromatic heterocycles. The molecule has 1 aromatic carbocycles. The minimum absolute atomic E-state index is 0.457. The van der Waals surface area contributed by atoms with Gasteiger partial charge in [0.2, 0.25) is 5.88 Å². The number of rotatable bonds is 4. The number of hydrogen-bond donors (Lipinski definition) is 0. The lowest BCUT2D eigenvalue weighted by Gasteiger charge is -2.22. The van der Waals surface area contributed by atoms with Crippen molar-refractivity contribution in [2.24, 2.45) is 0 Å². The Labute approximate surface area is 162 Å². The Hall–Kier alpha value is -3.72. The van der Waals surface area contributed by atoms with Gasteiger partial charge in [-0.15, -0.1) is 0 Å². The second kappa shape index (κ2) is 6.78. The summed E-state index contributed by atoms with van der Waals surface area (Å²) in [6.45, 7) is 5.68. The van der Waals surface area contributed by atoms with E-state index in [2.05, 4.69) is 21.0 Å². The Morgan fingerprint density at radius 1 is 1.11 bits per heavy atom. The summed E-state index contributed by atoms with van der Waals surface area (Å²) in [5.41, 5.74) is 3.46. The zero-order valence-electron chi connectivity index (χ0n) is 15.8. The van der Waals surface area contributed by atoms with E-state index < -0.39 is 5.41 Å². The molecule has 0 aliphatic heterocycles. The molecule has 6 heteroatoms. The fraction of sp³-hybridized carbons (Fsp3) is 0.182. The van der Waals surface area contributed by atoms with Crippen LogP contribution in [0.5, 0.6) is 11.6 Å². The number of nitrogens with zero attached hydrogens (tertiary/aromatic N) is 4. The summed E-state index contributed by atoms with van der Waals surface area (Å²) < 4.78 is 11.4. The van der Waals surface area contributed by atoms with Gasteiger partial charge in [-0.1, -0.05) is 6.07 Å². The first-order valence-electron chi connectivity index (χ1n) is 8.82. The van der Waals surface area contributed by atoms with Crippen LogP contribution >= 0.6 is 0 Å². The van der Waals surface area contributed by atoms with E-state index in [1.54, 1.807) is 24.7 Å². The number of aromatic nitrogens is 3. The van der Waals surface area contributed by atoms with Gasteiger partial charge in [-0.25, -0.2) is 15.0 Å². The highest BCUT2D eigenvalue weighted by atomic mass is 16.5. The van der Waals surface area contributed by atoms with Gasteiger partial charge in [-0.2, -0.15) is 5.26 Å². The van der Waals surface area contributed by atoms with Crippen LogP contribution in [0.2, 0.25) is 0 Å². The van der Waals surface area contributed by atoms with Crippen molar-refractivity contribution in [1.82, 2.24) is 15.0 Å². The minimum atomic E-state index is -0.730. The maximum absolute atomic E-state index is 9.74. The molecule has 0 unspecified atom stereocenters. The van der Waals surface area contributed by atoms with Gasteiger partial charge in [0.15, 0.2) is 0 Å². The van der Waals surface area contributed by atoms with Gasteiger partial charge in [0.25, 0.3) is 0 Å². The van der Waals surface area contributed by atoms with Crippen LogP contribution in [0.1, 0.15) is 25.1 Å². The Morgan fingerprint density at radius 2 is 1.96 bits per heavy atom. The molecule has 3 heterocycles. The number of nitriles is 1. The van der Waals surface area contributed by atoms with Gasteiger partial charge in [0.1, 0.15) is 17.7 Å². The fourth-order valence-corrected chi connectivity index (χ4v) is 3.12. The standard InChI is InChI=1S/C22H18N4O2/c1-14-18(11-24-13-26-14)16-5-4-15(10-19(16)22(2,3)12-23)28-21-17-7-9-27-20(17)6-8-25-21/h4-11,13H,1-3H3. The second-order valence-electron chi connectivity index (χ2n) is 7.02. The highest BCUT2D eigenvalue weighted by Gasteiger charge is 2.26. The van der Waals surface area contributed by atoms with E-state index in [0.29, 0.717) is 17.2 Å². The third-order valence-corrected chi connectivity index (χ3v) is 4.70. The minimum Gasteiger partial charge on any atom is -0.464 e. The summed E-state index contributed by atoms with van der Waals surface area (Å²) in [5.74, 6) is 1.05. The lowest BCUT2D eigenvalue weighted by molar-refractivity contribution is 0.467. The van der Waals surface area contributed by atoms with Crippen LogP contribution in [0.15, 0.2) is 59.7 Å². The van der Waals surface area contributed by atoms with E-state index in [0.717, 1.165) is 27.8 Å². The number of fused-ring (bicyclic) bond motifs is 1. The molecule has 4 aromatic rings. The molecule has 4 rings (SSSR count). The lowest BCUT2D eigenvalue weighted by Crippen LogP contribution is -2.16. The van der Waals surface area contributed by atoms with E-state index >= 15 is 0 Å². The van der Waals surface area contributed by atoms with Crippen LogP contribution in [0.3, 0.4) is 0 Å². The molecular formula is C22H18N4O2. The third kappa shape index (κ3) is 3.08. The summed E-state index contributed by atoms with van der Waals surface area (Å²) in [4.78, 5) is 12.7. The monoisotopic (exact) mass is 370 g/mol. The molecule has 0 saturated heterocycles. The molecule has 0 amide bonds. The Bertz CT molecular complexity index is 1200. The van der Waals surface area contributed by atoms with E-state index in [4.69, 9.17) is 9.15 Å². The number of ether oxygens (including phenoxy) is 1. The molecule has 0 aliphatic rings. The lowest BCUT2D eigenvalue weighted by atomic mass is 9.81. The SMILES string of the molecule is Cc1ncncc1-c1ccc(Oc2nccc3occc23)cc1C(C)(C)C#N. The van der Waals surface area contributed by atoms with Crippen LogP contribution in [0, 0.1) is 18.3 Å². The van der Waals surface area contributed by atoms with Gasteiger partial charge < -0.3 is 9.15 Å². The molecule has 0 saturated carbocycles. The Kier molecular flexibility index (Phi) is 4.28. The summed E-state index contributed by atoms with van der Waals surface area (Å²) in [5, 5.41) is 10.5. The quantitative estimate of drug-likeness (QED) is 0.492. The number of hydrogen-bond acceptors (Lipinski definition) is 6. The first-order chi connectivity index (χ1) is 13.5. The molecule has 0 bridgehead atoms. The van der Waals surface area contributed by atoms with E-state index in [-0.39, 0.29) is 0 Å². The average Bonchev–Trinajstić information content (AvgIpc) is 3.18. The van der Waals surface area contributed by atoms with E-state index in [1.165, 1.54) is 6.33 Å². The molecule has 28 heavy (non-hydrogen) atoms. The van der Waals surface area contributed by atoms with Crippen molar-refractivity contribution in [3.05, 3.63) is 66.6 Å². The van der Waals surface area contributed by atoms with E-state index in [1.807, 2.05) is 45.0 Å². The van der Waals surface area contributed by atoms with E-state index in [9.17, 15) is 5.26 Å². The molecule has 0 aliphatic carbocycles. The number of furan rings is 1. The Balaban J connectivity index is 1.83. The smallest absolute Gasteiger partial charge is 0.230 e. The molecule has 0 radical (unpaired) electrons. The second-order valence-corrected chi connectivity index (χ2v) is 7.02. The van der Waals surface area contributed by atoms with Crippen LogP contribution in [-0.2, 0) is 5.41 Å². The van der Waals surface area contributed by atoms with Crippen molar-refractivity contribution in [3.8, 4) is 28.8 Å². The predicted octanol–water partition coefficient (Wildman–Crippen LogP) is 5.19. The van der Waals surface area contributed by atoms with Gasteiger partial charge in [0, 0.05) is 23.7 Å². The summed E-state index contributed by atoms with van der Waals surface area (Å²) in [6.07, 6.45) is 6.52. The summed E-state index contributed by atoms with van der Waals surface area (Å²) >= 11 is 0. The molecule has 0 atom stereocenters. The number of aryl methyl sites for hydroxylation is 1. The van der Waals surface area contributed by atoms with Gasteiger partial charge in [0.05, 0.1) is 23.1 Å². The normalized spacial score (nSPS) is 11.4. The molecule has 0 fully saturated rings. The van der Waals surface area contributed by atoms with Crippen molar-refractivity contribution in [2.45, 2.75) is 26.2 Å². The third-order valence-electron chi connectivity index (χ3n) is 4.70. The highest BCUT2D eigenvalue weighted by Crippen LogP contribution is 2.38. The molecule has 0 spiro atoms. The first kappa shape index (κ1) is 17.7. The maximum atomic E-state index is 9.74.